The molecule has 1 saturated heterocycles. The Kier molecular flexibility index (Phi) is 1.92. The Hall–Kier alpha value is -0.610. The number of aliphatic hydroxyl groups excluding tert-OH is 1. The molecule has 1 heterocycles. The van der Waals surface area contributed by atoms with Crippen LogP contribution in [0.2, 0.25) is 0 Å². The molecule has 4 nitrogen and oxygen atoms in total. The molecule has 0 bridgehead atoms. The number of rotatable bonds is 1. The van der Waals surface area contributed by atoms with Gasteiger partial charge in [-0.3, -0.25) is 4.79 Å². The molecule has 0 amide bonds. The molecule has 0 radical (unpaired) electrons. The molecule has 3 unspecified atom stereocenters. The van der Waals surface area contributed by atoms with Crippen LogP contribution in [-0.2, 0) is 9.53 Å². The largest absolute Gasteiger partial charge is 0.481 e. The molecule has 3 atom stereocenters. The Balaban J connectivity index is 2.63. The van der Waals surface area contributed by atoms with E-state index in [-0.39, 0.29) is 12.7 Å². The van der Waals surface area contributed by atoms with Gasteiger partial charge in [-0.15, -0.1) is 0 Å². The number of aliphatic hydroxyl groups is 1. The number of ether oxygens (including phenoxy) is 1. The van der Waals surface area contributed by atoms with Crippen molar-refractivity contribution in [3.8, 4) is 0 Å². The van der Waals surface area contributed by atoms with Gasteiger partial charge in [0, 0.05) is 0 Å². The first-order valence-corrected chi connectivity index (χ1v) is 3.15. The minimum atomic E-state index is -0.988. The van der Waals surface area contributed by atoms with Crippen LogP contribution in [0.15, 0.2) is 0 Å². The molecule has 0 aromatic carbocycles. The fourth-order valence-electron chi connectivity index (χ4n) is 1.14. The summed E-state index contributed by atoms with van der Waals surface area (Å²) in [6, 6.07) is 0. The van der Waals surface area contributed by atoms with E-state index < -0.39 is 18.0 Å². The Morgan fingerprint density at radius 1 is 1.70 bits per heavy atom. The fraction of sp³-hybridized carbons (Fsp3) is 0.833. The van der Waals surface area contributed by atoms with Gasteiger partial charge in [-0.25, -0.2) is 0 Å². The fourth-order valence-corrected chi connectivity index (χ4v) is 1.14. The van der Waals surface area contributed by atoms with Crippen LogP contribution in [-0.4, -0.2) is 35.0 Å². The van der Waals surface area contributed by atoms with Gasteiger partial charge < -0.3 is 14.9 Å². The summed E-state index contributed by atoms with van der Waals surface area (Å²) in [6.07, 6.45) is -1.21. The third kappa shape index (κ3) is 1.12. The van der Waals surface area contributed by atoms with Crippen LogP contribution < -0.4 is 0 Å². The predicted molar refractivity (Wildman–Crippen MR) is 32.5 cm³/mol. The van der Waals surface area contributed by atoms with Crippen molar-refractivity contribution in [2.45, 2.75) is 19.1 Å². The summed E-state index contributed by atoms with van der Waals surface area (Å²) in [4.78, 5) is 10.4. The third-order valence-corrected chi connectivity index (χ3v) is 1.74. The molecule has 4 heteroatoms. The van der Waals surface area contributed by atoms with E-state index in [0.29, 0.717) is 0 Å². The second-order valence-corrected chi connectivity index (χ2v) is 2.47. The van der Waals surface area contributed by atoms with Crippen molar-refractivity contribution in [1.82, 2.24) is 0 Å². The highest BCUT2D eigenvalue weighted by Gasteiger charge is 2.38. The number of carbonyl (C=O) groups is 1. The van der Waals surface area contributed by atoms with Crippen molar-refractivity contribution in [3.63, 3.8) is 0 Å². The summed E-state index contributed by atoms with van der Waals surface area (Å²) in [5, 5.41) is 17.5. The quantitative estimate of drug-likeness (QED) is 0.521. The van der Waals surface area contributed by atoms with Crippen molar-refractivity contribution >= 4 is 5.97 Å². The minimum absolute atomic E-state index is 0.137. The molecule has 0 spiro atoms. The summed E-state index contributed by atoms with van der Waals surface area (Å²) in [5.74, 6) is -1.74. The zero-order valence-electron chi connectivity index (χ0n) is 5.65. The zero-order valence-corrected chi connectivity index (χ0v) is 5.65. The van der Waals surface area contributed by atoms with E-state index in [2.05, 4.69) is 0 Å². The van der Waals surface area contributed by atoms with Gasteiger partial charge in [0.2, 0.25) is 0 Å². The van der Waals surface area contributed by atoms with Crippen molar-refractivity contribution in [3.05, 3.63) is 0 Å². The van der Waals surface area contributed by atoms with E-state index >= 15 is 0 Å². The second kappa shape index (κ2) is 2.56. The normalized spacial score (nSPS) is 40.0. The van der Waals surface area contributed by atoms with E-state index in [1.807, 2.05) is 0 Å². The monoisotopic (exact) mass is 146 g/mol. The van der Waals surface area contributed by atoms with E-state index in [9.17, 15) is 4.79 Å². The Labute approximate surface area is 58.4 Å². The lowest BCUT2D eigenvalue weighted by Gasteiger charge is -2.09. The van der Waals surface area contributed by atoms with Gasteiger partial charge in [-0.1, -0.05) is 0 Å². The highest BCUT2D eigenvalue weighted by Crippen LogP contribution is 2.20. The zero-order chi connectivity index (χ0) is 7.72. The van der Waals surface area contributed by atoms with E-state index in [1.165, 1.54) is 0 Å². The maximum atomic E-state index is 10.4. The number of carboxylic acids is 1. The highest BCUT2D eigenvalue weighted by atomic mass is 16.5. The molecule has 0 aromatic rings. The van der Waals surface area contributed by atoms with E-state index in [0.717, 1.165) is 0 Å². The number of aliphatic carboxylic acids is 1. The van der Waals surface area contributed by atoms with Crippen molar-refractivity contribution in [2.24, 2.45) is 5.92 Å². The lowest BCUT2D eigenvalue weighted by molar-refractivity contribution is -0.145. The van der Waals surface area contributed by atoms with Gasteiger partial charge in [0.1, 0.15) is 5.92 Å². The lowest BCUT2D eigenvalue weighted by atomic mass is 10.0. The van der Waals surface area contributed by atoms with Crippen molar-refractivity contribution < 1.29 is 19.7 Å². The van der Waals surface area contributed by atoms with Crippen LogP contribution in [0.4, 0.5) is 0 Å². The van der Waals surface area contributed by atoms with Gasteiger partial charge in [-0.05, 0) is 6.92 Å². The van der Waals surface area contributed by atoms with Gasteiger partial charge >= 0.3 is 5.97 Å². The molecule has 0 aliphatic carbocycles. The molecule has 1 aliphatic rings. The molecule has 1 fully saturated rings. The van der Waals surface area contributed by atoms with Crippen LogP contribution in [0.1, 0.15) is 6.92 Å². The van der Waals surface area contributed by atoms with Crippen LogP contribution in [0.5, 0.6) is 0 Å². The van der Waals surface area contributed by atoms with Crippen LogP contribution in [0.3, 0.4) is 0 Å². The highest BCUT2D eigenvalue weighted by molar-refractivity contribution is 5.71. The first kappa shape index (κ1) is 7.50. The third-order valence-electron chi connectivity index (χ3n) is 1.74. The average Bonchev–Trinajstić information content (AvgIpc) is 2.11. The number of hydrogen-bond donors (Lipinski definition) is 2. The first-order valence-electron chi connectivity index (χ1n) is 3.15. The van der Waals surface area contributed by atoms with Crippen LogP contribution in [0.25, 0.3) is 0 Å². The summed E-state index contributed by atoms with van der Waals surface area (Å²) in [6.45, 7) is 1.78. The molecular weight excluding hydrogens is 136 g/mol. The SMILES string of the molecule is CC1OCC(O)C1C(=O)O. The summed E-state index contributed by atoms with van der Waals surface area (Å²) in [7, 11) is 0. The van der Waals surface area contributed by atoms with E-state index in [4.69, 9.17) is 14.9 Å². The standard InChI is InChI=1S/C6H10O4/c1-3-5(6(8)9)4(7)2-10-3/h3-5,7H,2H2,1H3,(H,8,9). The predicted octanol–water partition coefficient (Wildman–Crippen LogP) is -0.533. The Bertz CT molecular complexity index is 135. The molecule has 58 valence electrons. The summed E-state index contributed by atoms with van der Waals surface area (Å²) in [5.41, 5.74) is 0. The van der Waals surface area contributed by atoms with Crippen LogP contribution >= 0.6 is 0 Å². The lowest BCUT2D eigenvalue weighted by Crippen LogP contribution is -2.30. The molecular formula is C6H10O4. The van der Waals surface area contributed by atoms with Gasteiger partial charge in [0.15, 0.2) is 0 Å². The molecule has 1 aliphatic heterocycles. The molecule has 10 heavy (non-hydrogen) atoms. The molecule has 0 aromatic heterocycles. The second-order valence-electron chi connectivity index (χ2n) is 2.47. The minimum Gasteiger partial charge on any atom is -0.481 e. The number of hydrogen-bond acceptors (Lipinski definition) is 3. The first-order chi connectivity index (χ1) is 4.63. The van der Waals surface area contributed by atoms with Crippen molar-refractivity contribution in [2.75, 3.05) is 6.61 Å². The van der Waals surface area contributed by atoms with Crippen molar-refractivity contribution in [1.29, 1.82) is 0 Å². The van der Waals surface area contributed by atoms with Gasteiger partial charge in [0.25, 0.3) is 0 Å². The summed E-state index contributed by atoms with van der Waals surface area (Å²) >= 11 is 0. The topological polar surface area (TPSA) is 66.8 Å². The smallest absolute Gasteiger partial charge is 0.311 e. The molecule has 2 N–H and O–H groups in total. The summed E-state index contributed by atoms with van der Waals surface area (Å²) < 4.78 is 4.91. The van der Waals surface area contributed by atoms with Gasteiger partial charge in [0.05, 0.1) is 18.8 Å². The maximum absolute atomic E-state index is 10.4. The Morgan fingerprint density at radius 3 is 2.50 bits per heavy atom. The molecule has 1 rings (SSSR count). The van der Waals surface area contributed by atoms with E-state index in [1.54, 1.807) is 6.92 Å². The number of carboxylic acid groups (broad SMARTS) is 1. The van der Waals surface area contributed by atoms with Crippen LogP contribution in [0, 0.1) is 5.92 Å². The van der Waals surface area contributed by atoms with Gasteiger partial charge in [-0.2, -0.15) is 0 Å². The maximum Gasteiger partial charge on any atom is 0.311 e. The average molecular weight is 146 g/mol. The molecule has 0 saturated carbocycles. The Morgan fingerprint density at radius 2 is 2.30 bits per heavy atom.